The van der Waals surface area contributed by atoms with Crippen molar-refractivity contribution in [2.24, 2.45) is 52.8 Å². The first kappa shape index (κ1) is 19.2. The van der Waals surface area contributed by atoms with Crippen LogP contribution in [0.3, 0.4) is 0 Å². The summed E-state index contributed by atoms with van der Waals surface area (Å²) < 4.78 is 0. The summed E-state index contributed by atoms with van der Waals surface area (Å²) in [6.45, 7) is 14.3. The zero-order valence-corrected chi connectivity index (χ0v) is 17.4. The first-order valence-corrected chi connectivity index (χ1v) is 11.0. The van der Waals surface area contributed by atoms with Gasteiger partial charge >= 0.3 is 0 Å². The molecule has 142 valence electrons. The van der Waals surface area contributed by atoms with Gasteiger partial charge in [0.15, 0.2) is 0 Å². The highest BCUT2D eigenvalue weighted by atomic mass is 16.1. The maximum atomic E-state index is 12.2. The third kappa shape index (κ3) is 3.37. The minimum atomic E-state index is 0.326. The topological polar surface area (TPSA) is 17.1 Å². The molecule has 0 amide bonds. The lowest BCUT2D eigenvalue weighted by atomic mass is 9.52. The van der Waals surface area contributed by atoms with Gasteiger partial charge in [0.2, 0.25) is 0 Å². The number of fused-ring (bicyclic) bond motifs is 3. The summed E-state index contributed by atoms with van der Waals surface area (Å²) in [6, 6.07) is 0. The van der Waals surface area contributed by atoms with Gasteiger partial charge in [-0.25, -0.2) is 0 Å². The molecule has 0 bridgehead atoms. The van der Waals surface area contributed by atoms with E-state index in [1.54, 1.807) is 0 Å². The lowest BCUT2D eigenvalue weighted by Gasteiger charge is -2.52. The van der Waals surface area contributed by atoms with Crippen LogP contribution in [-0.4, -0.2) is 5.78 Å². The van der Waals surface area contributed by atoms with E-state index in [0.29, 0.717) is 34.9 Å². The number of Topliss-reactive ketones (excluding diaryl/α,β-unsaturated/α-hetero) is 1. The fraction of sp³-hybridized carbons (Fsp3) is 0.875. The average Bonchev–Trinajstić information content (AvgIpc) is 2.92. The number of allylic oxidation sites excluding steroid dienone is 2. The van der Waals surface area contributed by atoms with Crippen LogP contribution < -0.4 is 0 Å². The van der Waals surface area contributed by atoms with Gasteiger partial charge in [0.05, 0.1) is 0 Å². The maximum Gasteiger partial charge on any atom is 0.135 e. The SMILES string of the molecule is CC(C)[C@@H](C)/C=C/[C@@H](C)[C@H]1CC[C@H]2[C@@H]3CCC(=O)[C@@H](C)[C@H]3CC[C@]12C. The molecule has 25 heavy (non-hydrogen) atoms. The Morgan fingerprint density at radius 3 is 2.40 bits per heavy atom. The molecule has 1 nitrogen and oxygen atoms in total. The second-order valence-corrected chi connectivity index (χ2v) is 10.3. The molecule has 0 saturated heterocycles. The minimum absolute atomic E-state index is 0.326. The second kappa shape index (κ2) is 7.20. The van der Waals surface area contributed by atoms with Crippen molar-refractivity contribution in [3.63, 3.8) is 0 Å². The molecular formula is C24H40O. The molecule has 3 aliphatic rings. The van der Waals surface area contributed by atoms with Gasteiger partial charge in [-0.05, 0) is 78.9 Å². The zero-order valence-electron chi connectivity index (χ0n) is 17.4. The van der Waals surface area contributed by atoms with Crippen LogP contribution in [0.2, 0.25) is 0 Å². The Balaban J connectivity index is 1.73. The van der Waals surface area contributed by atoms with Crippen LogP contribution in [0, 0.1) is 52.8 Å². The highest BCUT2D eigenvalue weighted by Crippen LogP contribution is 2.63. The first-order chi connectivity index (χ1) is 11.8. The van der Waals surface area contributed by atoms with Crippen molar-refractivity contribution in [1.82, 2.24) is 0 Å². The Kier molecular flexibility index (Phi) is 5.52. The summed E-state index contributed by atoms with van der Waals surface area (Å²) in [5.74, 6) is 6.17. The van der Waals surface area contributed by atoms with Gasteiger partial charge < -0.3 is 0 Å². The predicted octanol–water partition coefficient (Wildman–Crippen LogP) is 6.53. The standard InChI is InChI=1S/C24H40O/c1-15(2)16(3)7-8-17(4)21-10-11-22-20-9-12-23(25)18(5)19(20)13-14-24(21,22)6/h7-8,15-22H,9-14H2,1-6H3/b8-7+/t16-,17+,18-,19+,20+,21+,22-,24+/m0/s1. The fourth-order valence-electron chi connectivity index (χ4n) is 6.74. The molecule has 3 rings (SSSR count). The third-order valence-corrected chi connectivity index (χ3v) is 8.84. The van der Waals surface area contributed by atoms with Gasteiger partial charge in [-0.3, -0.25) is 4.79 Å². The lowest BCUT2D eigenvalue weighted by molar-refractivity contribution is -0.132. The van der Waals surface area contributed by atoms with E-state index in [1.807, 2.05) is 0 Å². The van der Waals surface area contributed by atoms with Crippen molar-refractivity contribution in [1.29, 1.82) is 0 Å². The minimum Gasteiger partial charge on any atom is -0.299 e. The largest absolute Gasteiger partial charge is 0.299 e. The van der Waals surface area contributed by atoms with E-state index in [2.05, 4.69) is 53.7 Å². The monoisotopic (exact) mass is 344 g/mol. The van der Waals surface area contributed by atoms with E-state index < -0.39 is 0 Å². The summed E-state index contributed by atoms with van der Waals surface area (Å²) in [7, 11) is 0. The fourth-order valence-corrected chi connectivity index (χ4v) is 6.74. The molecule has 0 spiro atoms. The van der Waals surface area contributed by atoms with Crippen molar-refractivity contribution in [3.8, 4) is 0 Å². The van der Waals surface area contributed by atoms with Gasteiger partial charge in [-0.1, -0.05) is 53.7 Å². The molecule has 0 aromatic heterocycles. The highest BCUT2D eigenvalue weighted by Gasteiger charge is 2.56. The molecule has 0 aromatic rings. The molecule has 0 N–H and O–H groups in total. The van der Waals surface area contributed by atoms with Gasteiger partial charge in [0.1, 0.15) is 5.78 Å². The van der Waals surface area contributed by atoms with Crippen molar-refractivity contribution in [3.05, 3.63) is 12.2 Å². The van der Waals surface area contributed by atoms with Crippen LogP contribution >= 0.6 is 0 Å². The molecule has 8 atom stereocenters. The zero-order chi connectivity index (χ0) is 18.4. The van der Waals surface area contributed by atoms with Crippen LogP contribution in [0.5, 0.6) is 0 Å². The number of rotatable bonds is 4. The number of ketones is 1. The summed E-state index contributed by atoms with van der Waals surface area (Å²) in [5.41, 5.74) is 0.506. The van der Waals surface area contributed by atoms with Crippen molar-refractivity contribution < 1.29 is 4.79 Å². The van der Waals surface area contributed by atoms with Gasteiger partial charge in [0, 0.05) is 12.3 Å². The molecule has 0 heterocycles. The van der Waals surface area contributed by atoms with E-state index in [9.17, 15) is 4.79 Å². The smallest absolute Gasteiger partial charge is 0.135 e. The Hall–Kier alpha value is -0.590. The lowest BCUT2D eigenvalue weighted by Crippen LogP contribution is -2.47. The molecule has 3 saturated carbocycles. The van der Waals surface area contributed by atoms with Crippen LogP contribution in [0.25, 0.3) is 0 Å². The molecule has 0 radical (unpaired) electrons. The molecule has 1 heteroatoms. The molecule has 0 unspecified atom stereocenters. The molecule has 0 aromatic carbocycles. The average molecular weight is 345 g/mol. The number of carbonyl (C=O) groups excluding carboxylic acids is 1. The molecule has 3 fully saturated rings. The van der Waals surface area contributed by atoms with Crippen molar-refractivity contribution >= 4 is 5.78 Å². The van der Waals surface area contributed by atoms with E-state index in [4.69, 9.17) is 0 Å². The van der Waals surface area contributed by atoms with E-state index in [0.717, 1.165) is 30.1 Å². The summed E-state index contributed by atoms with van der Waals surface area (Å²) in [4.78, 5) is 12.2. The van der Waals surface area contributed by atoms with Crippen LogP contribution in [0.4, 0.5) is 0 Å². The Labute approximate surface area is 156 Å². The first-order valence-electron chi connectivity index (χ1n) is 11.0. The maximum absolute atomic E-state index is 12.2. The Morgan fingerprint density at radius 1 is 1.00 bits per heavy atom. The molecule has 3 aliphatic carbocycles. The number of hydrogen-bond donors (Lipinski definition) is 0. The Bertz CT molecular complexity index is 518. The predicted molar refractivity (Wildman–Crippen MR) is 106 cm³/mol. The van der Waals surface area contributed by atoms with Crippen molar-refractivity contribution in [2.75, 3.05) is 0 Å². The summed E-state index contributed by atoms with van der Waals surface area (Å²) >= 11 is 0. The Morgan fingerprint density at radius 2 is 1.72 bits per heavy atom. The molecular weight excluding hydrogens is 304 g/mol. The summed E-state index contributed by atoms with van der Waals surface area (Å²) in [5, 5.41) is 0. The van der Waals surface area contributed by atoms with Crippen LogP contribution in [0.15, 0.2) is 12.2 Å². The normalized spacial score (nSPS) is 44.0. The van der Waals surface area contributed by atoms with Gasteiger partial charge in [-0.2, -0.15) is 0 Å². The highest BCUT2D eigenvalue weighted by molar-refractivity contribution is 5.81. The quantitative estimate of drug-likeness (QED) is 0.530. The second-order valence-electron chi connectivity index (χ2n) is 10.3. The summed E-state index contributed by atoms with van der Waals surface area (Å²) in [6.07, 6.45) is 12.5. The van der Waals surface area contributed by atoms with Crippen LogP contribution in [0.1, 0.15) is 80.1 Å². The van der Waals surface area contributed by atoms with Crippen LogP contribution in [-0.2, 0) is 4.79 Å². The van der Waals surface area contributed by atoms with E-state index in [-0.39, 0.29) is 0 Å². The number of carbonyl (C=O) groups is 1. The van der Waals surface area contributed by atoms with E-state index >= 15 is 0 Å². The number of hydrogen-bond acceptors (Lipinski definition) is 1. The molecule has 0 aliphatic heterocycles. The van der Waals surface area contributed by atoms with E-state index in [1.165, 1.54) is 32.1 Å². The van der Waals surface area contributed by atoms with Crippen molar-refractivity contribution in [2.45, 2.75) is 80.1 Å². The van der Waals surface area contributed by atoms with Gasteiger partial charge in [-0.15, -0.1) is 0 Å². The third-order valence-electron chi connectivity index (χ3n) is 8.84. The van der Waals surface area contributed by atoms with Gasteiger partial charge in [0.25, 0.3) is 0 Å².